The minimum absolute atomic E-state index is 0.925. The highest BCUT2D eigenvalue weighted by Gasteiger charge is 1.73. The Balaban J connectivity index is 3.69. The minimum Gasteiger partial charge on any atom is -0.307 e. The van der Waals surface area contributed by atoms with Gasteiger partial charge in [0.05, 0.1) is 0 Å². The van der Waals surface area contributed by atoms with E-state index in [9.17, 15) is 0 Å². The van der Waals surface area contributed by atoms with Crippen LogP contribution in [0.2, 0.25) is 0 Å². The number of rotatable bonds is 2. The van der Waals surface area contributed by atoms with Crippen molar-refractivity contribution in [2.24, 2.45) is 4.99 Å². The molecule has 0 spiro atoms. The van der Waals surface area contributed by atoms with E-state index in [2.05, 4.69) is 27.6 Å². The molecule has 0 atom stereocenters. The van der Waals surface area contributed by atoms with Gasteiger partial charge in [0.2, 0.25) is 0 Å². The molecule has 0 aromatic heterocycles. The average molecular weight is 222 g/mol. The summed E-state index contributed by atoms with van der Waals surface area (Å²) in [4.78, 5) is 3.85. The number of allylic oxidation sites excluding steroid dienone is 1. The molecule has 3 heteroatoms. The van der Waals surface area contributed by atoms with Crippen LogP contribution in [0, 0.1) is 5.41 Å². The third-order valence-electron chi connectivity index (χ3n) is 0.511. The highest BCUT2D eigenvalue weighted by molar-refractivity contribution is 14.1. The van der Waals surface area contributed by atoms with Gasteiger partial charge in [-0.15, -0.1) is 0 Å². The fraction of sp³-hybridized carbons (Fsp3) is 0.200. The van der Waals surface area contributed by atoms with Gasteiger partial charge >= 0.3 is 0 Å². The van der Waals surface area contributed by atoms with E-state index >= 15 is 0 Å². The zero-order valence-corrected chi connectivity index (χ0v) is 6.71. The van der Waals surface area contributed by atoms with Crippen molar-refractivity contribution in [3.63, 3.8) is 0 Å². The molecule has 8 heavy (non-hydrogen) atoms. The highest BCUT2D eigenvalue weighted by atomic mass is 127. The quantitative estimate of drug-likeness (QED) is 0.548. The molecule has 2 nitrogen and oxygen atoms in total. The maximum absolute atomic E-state index is 6.57. The molecule has 0 unspecified atom stereocenters. The smallest absolute Gasteiger partial charge is 0.0447 e. The lowest BCUT2D eigenvalue weighted by Crippen LogP contribution is -1.71. The van der Waals surface area contributed by atoms with Crippen LogP contribution in [-0.4, -0.2) is 12.4 Å². The molecule has 0 aliphatic rings. The van der Waals surface area contributed by atoms with Crippen molar-refractivity contribution in [3.8, 4) is 0 Å². The summed E-state index contributed by atoms with van der Waals surface area (Å²) < 4.78 is 1.86. The van der Waals surface area contributed by atoms with E-state index in [-0.39, 0.29) is 0 Å². The van der Waals surface area contributed by atoms with Crippen molar-refractivity contribution >= 4 is 35.0 Å². The van der Waals surface area contributed by atoms with Crippen LogP contribution >= 0.6 is 22.6 Å². The lowest BCUT2D eigenvalue weighted by molar-refractivity contribution is 1.34. The Bertz CT molecular complexity index is 126. The first kappa shape index (κ1) is 7.81. The monoisotopic (exact) mass is 222 g/mol. The van der Waals surface area contributed by atoms with Crippen LogP contribution in [0.1, 0.15) is 6.92 Å². The van der Waals surface area contributed by atoms with Crippen LogP contribution in [-0.2, 0) is 0 Å². The predicted molar refractivity (Wildman–Crippen MR) is 45.1 cm³/mol. The van der Waals surface area contributed by atoms with Crippen molar-refractivity contribution in [2.45, 2.75) is 6.92 Å². The maximum Gasteiger partial charge on any atom is 0.0447 e. The molecule has 44 valence electrons. The summed E-state index contributed by atoms with van der Waals surface area (Å²) in [6.45, 7) is 1.88. The van der Waals surface area contributed by atoms with Crippen LogP contribution in [0.5, 0.6) is 0 Å². The fourth-order valence-electron chi connectivity index (χ4n) is 0.183. The van der Waals surface area contributed by atoms with Gasteiger partial charge in [0.15, 0.2) is 0 Å². The molecule has 0 fully saturated rings. The third kappa shape index (κ3) is 3.98. The number of nitrogens with zero attached hydrogens (tertiary/aromatic N) is 1. The predicted octanol–water partition coefficient (Wildman–Crippen LogP) is 2.00. The van der Waals surface area contributed by atoms with Crippen LogP contribution in [0.15, 0.2) is 14.8 Å². The standard InChI is InChI=1S/C5H7IN2/c1-5(4-6)8-3-2-7/h2-4,7H,1H3/b5-4-,7-2?,8-3-. The molecule has 0 aliphatic carbocycles. The van der Waals surface area contributed by atoms with Gasteiger partial charge in [0.1, 0.15) is 0 Å². The van der Waals surface area contributed by atoms with E-state index in [1.807, 2.05) is 11.0 Å². The minimum atomic E-state index is 0.925. The van der Waals surface area contributed by atoms with Gasteiger partial charge in [-0.3, -0.25) is 4.99 Å². The summed E-state index contributed by atoms with van der Waals surface area (Å²) in [7, 11) is 0. The number of aliphatic imine (C=N–C) groups is 1. The third-order valence-corrected chi connectivity index (χ3v) is 1.41. The van der Waals surface area contributed by atoms with Crippen LogP contribution in [0.25, 0.3) is 0 Å². The van der Waals surface area contributed by atoms with E-state index < -0.39 is 0 Å². The van der Waals surface area contributed by atoms with Gasteiger partial charge in [0.25, 0.3) is 0 Å². The first-order valence-corrected chi connectivity index (χ1v) is 3.36. The second-order valence-electron chi connectivity index (χ2n) is 1.20. The van der Waals surface area contributed by atoms with Crippen LogP contribution in [0.4, 0.5) is 0 Å². The summed E-state index contributed by atoms with van der Waals surface area (Å²) in [5.41, 5.74) is 0.925. The molecular weight excluding hydrogens is 215 g/mol. The van der Waals surface area contributed by atoms with Crippen LogP contribution in [0.3, 0.4) is 0 Å². The summed E-state index contributed by atoms with van der Waals surface area (Å²) in [6.07, 6.45) is 2.61. The van der Waals surface area contributed by atoms with Crippen molar-refractivity contribution in [1.82, 2.24) is 0 Å². The van der Waals surface area contributed by atoms with Crippen molar-refractivity contribution < 1.29 is 0 Å². The van der Waals surface area contributed by atoms with Crippen LogP contribution < -0.4 is 0 Å². The van der Waals surface area contributed by atoms with E-state index in [0.29, 0.717) is 0 Å². The highest BCUT2D eigenvalue weighted by Crippen LogP contribution is 1.96. The molecule has 0 bridgehead atoms. The summed E-state index contributed by atoms with van der Waals surface area (Å²) >= 11 is 2.10. The first-order chi connectivity index (χ1) is 3.81. The van der Waals surface area contributed by atoms with E-state index in [1.165, 1.54) is 6.21 Å². The molecule has 0 aromatic carbocycles. The first-order valence-electron chi connectivity index (χ1n) is 2.11. The molecule has 0 saturated carbocycles. The normalized spacial score (nSPS) is 12.5. The van der Waals surface area contributed by atoms with E-state index in [4.69, 9.17) is 5.41 Å². The van der Waals surface area contributed by atoms with Gasteiger partial charge in [-0.05, 0) is 11.0 Å². The Morgan fingerprint density at radius 2 is 2.38 bits per heavy atom. The Labute approximate surface area is 62.4 Å². The van der Waals surface area contributed by atoms with E-state index in [0.717, 1.165) is 11.9 Å². The fourth-order valence-corrected chi connectivity index (χ4v) is 0.344. The number of halogens is 1. The Morgan fingerprint density at radius 3 is 2.75 bits per heavy atom. The molecule has 0 heterocycles. The molecular formula is C5H7IN2. The second-order valence-corrected chi connectivity index (χ2v) is 1.82. The lowest BCUT2D eigenvalue weighted by Gasteiger charge is -1.81. The van der Waals surface area contributed by atoms with Gasteiger partial charge in [-0.25, -0.2) is 0 Å². The molecule has 0 radical (unpaired) electrons. The Morgan fingerprint density at radius 1 is 1.75 bits per heavy atom. The molecule has 0 saturated heterocycles. The molecule has 0 rings (SSSR count). The number of hydrogen-bond acceptors (Lipinski definition) is 2. The Hall–Kier alpha value is -0.190. The molecule has 0 amide bonds. The zero-order valence-electron chi connectivity index (χ0n) is 4.56. The van der Waals surface area contributed by atoms with Crippen molar-refractivity contribution in [3.05, 3.63) is 9.78 Å². The second kappa shape index (κ2) is 4.96. The number of hydrogen-bond donors (Lipinski definition) is 1. The van der Waals surface area contributed by atoms with Crippen molar-refractivity contribution in [1.29, 1.82) is 5.41 Å². The number of nitrogens with one attached hydrogen (secondary N) is 1. The van der Waals surface area contributed by atoms with Gasteiger partial charge < -0.3 is 5.41 Å². The van der Waals surface area contributed by atoms with Gasteiger partial charge in [-0.2, -0.15) is 0 Å². The lowest BCUT2D eigenvalue weighted by atomic mass is 10.6. The molecule has 1 N–H and O–H groups in total. The SMILES string of the molecule is CC(=C/I)/N=C\C=N. The van der Waals surface area contributed by atoms with Crippen molar-refractivity contribution in [2.75, 3.05) is 0 Å². The maximum atomic E-state index is 6.57. The largest absolute Gasteiger partial charge is 0.307 e. The topological polar surface area (TPSA) is 36.2 Å². The zero-order chi connectivity index (χ0) is 6.41. The van der Waals surface area contributed by atoms with E-state index in [1.54, 1.807) is 0 Å². The average Bonchev–Trinajstić information content (AvgIpc) is 1.83. The molecule has 0 aromatic rings. The summed E-state index contributed by atoms with van der Waals surface area (Å²) in [5, 5.41) is 6.57. The molecule has 0 aliphatic heterocycles. The summed E-state index contributed by atoms with van der Waals surface area (Å²) in [5.74, 6) is 0. The summed E-state index contributed by atoms with van der Waals surface area (Å²) in [6, 6.07) is 0. The van der Waals surface area contributed by atoms with Gasteiger partial charge in [-0.1, -0.05) is 22.6 Å². The Kier molecular flexibility index (Phi) is 4.84. The van der Waals surface area contributed by atoms with Gasteiger partial charge in [0, 0.05) is 18.1 Å².